The number of rotatable bonds is 6. The predicted octanol–water partition coefficient (Wildman–Crippen LogP) is 0.117. The second-order valence-electron chi connectivity index (χ2n) is 5.70. The molecule has 24 heavy (non-hydrogen) atoms. The van der Waals surface area contributed by atoms with E-state index in [0.717, 1.165) is 0 Å². The number of hydrogen-bond donors (Lipinski definition) is 2. The minimum atomic E-state index is -0.844. The summed E-state index contributed by atoms with van der Waals surface area (Å²) >= 11 is 0. The molecule has 2 N–H and O–H groups in total. The summed E-state index contributed by atoms with van der Waals surface area (Å²) in [4.78, 5) is 30.5. The standard InChI is InChI=1S/C16H24N4O4/c1-17-13-6-4-5-12(19-13)15(22)20-7-8-24-16(10-20,11-23-3)9-14(21)18-2/h4-6H,7-11H2,1-3H3,(H,17,19)(H,18,21). The molecule has 8 nitrogen and oxygen atoms in total. The smallest absolute Gasteiger partial charge is 0.272 e. The molecule has 0 aromatic carbocycles. The fourth-order valence-corrected chi connectivity index (χ4v) is 2.76. The van der Waals surface area contributed by atoms with E-state index in [0.29, 0.717) is 24.7 Å². The number of carbonyl (C=O) groups is 2. The van der Waals surface area contributed by atoms with Crippen molar-refractivity contribution >= 4 is 17.6 Å². The Labute approximate surface area is 141 Å². The Morgan fingerprint density at radius 3 is 2.88 bits per heavy atom. The van der Waals surface area contributed by atoms with Crippen LogP contribution in [0, 0.1) is 0 Å². The molecule has 1 aliphatic heterocycles. The summed E-state index contributed by atoms with van der Waals surface area (Å²) in [7, 11) is 4.87. The van der Waals surface area contributed by atoms with Gasteiger partial charge in [-0.05, 0) is 12.1 Å². The van der Waals surface area contributed by atoms with Crippen LogP contribution in [-0.4, -0.2) is 74.8 Å². The van der Waals surface area contributed by atoms with Gasteiger partial charge in [-0.3, -0.25) is 9.59 Å². The van der Waals surface area contributed by atoms with Crippen LogP contribution in [0.15, 0.2) is 18.2 Å². The van der Waals surface area contributed by atoms with Crippen molar-refractivity contribution in [1.82, 2.24) is 15.2 Å². The summed E-state index contributed by atoms with van der Waals surface area (Å²) < 4.78 is 11.1. The Balaban J connectivity index is 2.17. The van der Waals surface area contributed by atoms with Crippen molar-refractivity contribution in [1.29, 1.82) is 0 Å². The molecule has 132 valence electrons. The molecule has 0 spiro atoms. The monoisotopic (exact) mass is 336 g/mol. The van der Waals surface area contributed by atoms with Gasteiger partial charge in [0.15, 0.2) is 0 Å². The van der Waals surface area contributed by atoms with E-state index in [-0.39, 0.29) is 31.4 Å². The zero-order chi connectivity index (χ0) is 17.6. The van der Waals surface area contributed by atoms with Gasteiger partial charge in [0, 0.05) is 27.7 Å². The Bertz CT molecular complexity index is 591. The minimum Gasteiger partial charge on any atom is -0.382 e. The Hall–Kier alpha value is -2.19. The van der Waals surface area contributed by atoms with E-state index < -0.39 is 5.60 Å². The first-order valence-electron chi connectivity index (χ1n) is 7.81. The number of amides is 2. The van der Waals surface area contributed by atoms with Crippen molar-refractivity contribution in [2.75, 3.05) is 52.8 Å². The van der Waals surface area contributed by atoms with E-state index in [4.69, 9.17) is 9.47 Å². The molecular formula is C16H24N4O4. The van der Waals surface area contributed by atoms with Crippen molar-refractivity contribution in [3.8, 4) is 0 Å². The highest BCUT2D eigenvalue weighted by Gasteiger charge is 2.40. The van der Waals surface area contributed by atoms with E-state index in [9.17, 15) is 9.59 Å². The fraction of sp³-hybridized carbons (Fsp3) is 0.562. The summed E-state index contributed by atoms with van der Waals surface area (Å²) in [6.45, 7) is 1.30. The largest absolute Gasteiger partial charge is 0.382 e. The first-order valence-corrected chi connectivity index (χ1v) is 7.81. The summed E-state index contributed by atoms with van der Waals surface area (Å²) in [5.74, 6) is 0.284. The summed E-state index contributed by atoms with van der Waals surface area (Å²) in [5, 5.41) is 5.50. The molecule has 2 rings (SSSR count). The maximum absolute atomic E-state index is 12.8. The van der Waals surface area contributed by atoms with Crippen molar-refractivity contribution in [3.05, 3.63) is 23.9 Å². The number of ether oxygens (including phenoxy) is 2. The molecule has 0 aliphatic carbocycles. The zero-order valence-electron chi connectivity index (χ0n) is 14.3. The van der Waals surface area contributed by atoms with Gasteiger partial charge in [0.2, 0.25) is 5.91 Å². The molecule has 1 aliphatic rings. The van der Waals surface area contributed by atoms with Gasteiger partial charge in [-0.2, -0.15) is 0 Å². The predicted molar refractivity (Wildman–Crippen MR) is 88.9 cm³/mol. The average Bonchev–Trinajstić information content (AvgIpc) is 2.61. The van der Waals surface area contributed by atoms with Crippen LogP contribution in [0.3, 0.4) is 0 Å². The lowest BCUT2D eigenvalue weighted by Gasteiger charge is -2.41. The number of nitrogens with zero attached hydrogens (tertiary/aromatic N) is 2. The Morgan fingerprint density at radius 2 is 2.21 bits per heavy atom. The Kier molecular flexibility index (Phi) is 6.10. The lowest BCUT2D eigenvalue weighted by Crippen LogP contribution is -2.57. The third kappa shape index (κ3) is 4.21. The third-order valence-corrected chi connectivity index (χ3v) is 3.93. The summed E-state index contributed by atoms with van der Waals surface area (Å²) in [6, 6.07) is 5.24. The van der Waals surface area contributed by atoms with E-state index in [1.807, 2.05) is 0 Å². The Morgan fingerprint density at radius 1 is 1.42 bits per heavy atom. The molecular weight excluding hydrogens is 312 g/mol. The quantitative estimate of drug-likeness (QED) is 0.766. The zero-order valence-corrected chi connectivity index (χ0v) is 14.3. The van der Waals surface area contributed by atoms with Crippen LogP contribution < -0.4 is 10.6 Å². The number of morpholine rings is 1. The van der Waals surface area contributed by atoms with Gasteiger partial charge in [-0.15, -0.1) is 0 Å². The van der Waals surface area contributed by atoms with E-state index >= 15 is 0 Å². The van der Waals surface area contributed by atoms with E-state index in [1.165, 1.54) is 0 Å². The van der Waals surface area contributed by atoms with Gasteiger partial charge in [-0.1, -0.05) is 6.07 Å². The van der Waals surface area contributed by atoms with Gasteiger partial charge in [0.1, 0.15) is 17.1 Å². The molecule has 1 unspecified atom stereocenters. The molecule has 1 fully saturated rings. The average molecular weight is 336 g/mol. The number of nitrogens with one attached hydrogen (secondary N) is 2. The molecule has 2 heterocycles. The molecule has 2 amide bonds. The minimum absolute atomic E-state index is 0.130. The number of carbonyl (C=O) groups excluding carboxylic acids is 2. The van der Waals surface area contributed by atoms with Gasteiger partial charge in [0.25, 0.3) is 5.91 Å². The first-order chi connectivity index (χ1) is 11.5. The van der Waals surface area contributed by atoms with Crippen molar-refractivity contribution < 1.29 is 19.1 Å². The number of aromatic nitrogens is 1. The number of anilines is 1. The van der Waals surface area contributed by atoms with Crippen LogP contribution in [0.4, 0.5) is 5.82 Å². The topological polar surface area (TPSA) is 92.8 Å². The first kappa shape index (κ1) is 18.2. The highest BCUT2D eigenvalue weighted by molar-refractivity contribution is 5.93. The lowest BCUT2D eigenvalue weighted by atomic mass is 9.97. The molecule has 0 saturated carbocycles. The van der Waals surface area contributed by atoms with Crippen LogP contribution in [0.2, 0.25) is 0 Å². The van der Waals surface area contributed by atoms with Crippen LogP contribution in [-0.2, 0) is 14.3 Å². The molecule has 0 bridgehead atoms. The van der Waals surface area contributed by atoms with Crippen LogP contribution in [0.25, 0.3) is 0 Å². The van der Waals surface area contributed by atoms with Gasteiger partial charge in [-0.25, -0.2) is 4.98 Å². The molecule has 1 saturated heterocycles. The molecule has 0 radical (unpaired) electrons. The number of hydrogen-bond acceptors (Lipinski definition) is 6. The summed E-state index contributed by atoms with van der Waals surface area (Å²) in [6.07, 6.45) is 0.130. The molecule has 8 heteroatoms. The van der Waals surface area contributed by atoms with Crippen molar-refractivity contribution in [3.63, 3.8) is 0 Å². The highest BCUT2D eigenvalue weighted by Crippen LogP contribution is 2.24. The molecule has 1 aromatic rings. The third-order valence-electron chi connectivity index (χ3n) is 3.93. The molecule has 1 atom stereocenters. The van der Waals surface area contributed by atoms with Crippen molar-refractivity contribution in [2.45, 2.75) is 12.0 Å². The number of methoxy groups -OCH3 is 1. The second kappa shape index (κ2) is 8.07. The van der Waals surface area contributed by atoms with Crippen molar-refractivity contribution in [2.24, 2.45) is 0 Å². The summed E-state index contributed by atoms with van der Waals surface area (Å²) in [5.41, 5.74) is -0.487. The normalized spacial score (nSPS) is 20.5. The SMILES string of the molecule is CNC(=O)CC1(COC)CN(C(=O)c2cccc(NC)n2)CCO1. The van der Waals surface area contributed by atoms with E-state index in [2.05, 4.69) is 15.6 Å². The maximum atomic E-state index is 12.8. The van der Waals surface area contributed by atoms with Crippen LogP contribution in [0.1, 0.15) is 16.9 Å². The fourth-order valence-electron chi connectivity index (χ4n) is 2.76. The number of pyridine rings is 1. The lowest BCUT2D eigenvalue weighted by molar-refractivity contribution is -0.150. The maximum Gasteiger partial charge on any atom is 0.272 e. The van der Waals surface area contributed by atoms with E-state index in [1.54, 1.807) is 44.3 Å². The second-order valence-corrected chi connectivity index (χ2v) is 5.70. The molecule has 1 aromatic heterocycles. The van der Waals surface area contributed by atoms with Crippen LogP contribution in [0.5, 0.6) is 0 Å². The van der Waals surface area contributed by atoms with Gasteiger partial charge < -0.3 is 25.0 Å². The van der Waals surface area contributed by atoms with Gasteiger partial charge >= 0.3 is 0 Å². The van der Waals surface area contributed by atoms with Gasteiger partial charge in [0.05, 0.1) is 26.2 Å². The van der Waals surface area contributed by atoms with Crippen LogP contribution >= 0.6 is 0 Å². The highest BCUT2D eigenvalue weighted by atomic mass is 16.5.